The Balaban J connectivity index is 1.65. The molecular weight excluding hydrogens is 318 g/mol. The zero-order valence-electron chi connectivity index (χ0n) is 13.9. The lowest BCUT2D eigenvalue weighted by atomic mass is 10.1. The molecule has 0 aliphatic carbocycles. The molecule has 7 heteroatoms. The van der Waals surface area contributed by atoms with E-state index in [0.717, 1.165) is 11.4 Å². The molecule has 0 N–H and O–H groups in total. The molecule has 1 amide bonds. The summed E-state index contributed by atoms with van der Waals surface area (Å²) in [4.78, 5) is 15.0. The number of nitrogens with zero attached hydrogens (tertiary/aromatic N) is 5. The van der Waals surface area contributed by atoms with Crippen molar-refractivity contribution < 1.29 is 9.53 Å². The summed E-state index contributed by atoms with van der Waals surface area (Å²) in [5, 5.41) is 7.80. The summed E-state index contributed by atoms with van der Waals surface area (Å²) < 4.78 is 9.31. The summed E-state index contributed by atoms with van der Waals surface area (Å²) in [5.74, 6) is -0.00327. The van der Waals surface area contributed by atoms with Crippen LogP contribution < -0.4 is 0 Å². The number of rotatable bonds is 3. The van der Waals surface area contributed by atoms with Gasteiger partial charge in [-0.15, -0.1) is 5.10 Å². The molecule has 3 aromatic rings. The fraction of sp³-hybridized carbons (Fsp3) is 0.278. The largest absolute Gasteiger partial charge is 0.377 e. The van der Waals surface area contributed by atoms with Gasteiger partial charge in [0.25, 0.3) is 5.91 Å². The Morgan fingerprint density at radius 2 is 2.16 bits per heavy atom. The number of hydrogen-bond donors (Lipinski definition) is 0. The molecule has 1 aliphatic rings. The molecule has 0 radical (unpaired) electrons. The zero-order valence-corrected chi connectivity index (χ0v) is 13.9. The molecular formula is C18H19N5O2. The molecule has 4 rings (SSSR count). The van der Waals surface area contributed by atoms with Crippen LogP contribution in [-0.4, -0.2) is 50.1 Å². The Labute approximate surface area is 145 Å². The highest BCUT2D eigenvalue weighted by Gasteiger charge is 2.30. The lowest BCUT2D eigenvalue weighted by Gasteiger charge is -2.36. The molecule has 1 saturated heterocycles. The van der Waals surface area contributed by atoms with Crippen LogP contribution in [-0.2, 0) is 11.8 Å². The van der Waals surface area contributed by atoms with Gasteiger partial charge in [0.05, 0.1) is 37.3 Å². The molecule has 0 unspecified atom stereocenters. The van der Waals surface area contributed by atoms with Gasteiger partial charge in [0.1, 0.15) is 0 Å². The normalized spacial score (nSPS) is 17.6. The van der Waals surface area contributed by atoms with Crippen LogP contribution in [0.25, 0.3) is 5.69 Å². The van der Waals surface area contributed by atoms with Crippen LogP contribution in [0.3, 0.4) is 0 Å². The van der Waals surface area contributed by atoms with E-state index in [1.807, 2.05) is 59.1 Å². The highest BCUT2D eigenvalue weighted by molar-refractivity contribution is 5.95. The zero-order chi connectivity index (χ0) is 17.2. The fourth-order valence-electron chi connectivity index (χ4n) is 3.21. The molecule has 128 valence electrons. The third kappa shape index (κ3) is 2.94. The number of morpholine rings is 1. The number of ether oxygens (including phenoxy) is 1. The van der Waals surface area contributed by atoms with E-state index < -0.39 is 0 Å². The van der Waals surface area contributed by atoms with Crippen LogP contribution in [0.15, 0.2) is 55.0 Å². The molecule has 2 aromatic heterocycles. The summed E-state index contributed by atoms with van der Waals surface area (Å²) >= 11 is 0. The highest BCUT2D eigenvalue weighted by Crippen LogP contribution is 2.26. The van der Waals surface area contributed by atoms with Crippen LogP contribution in [0.2, 0.25) is 0 Å². The summed E-state index contributed by atoms with van der Waals surface area (Å²) in [5.41, 5.74) is 2.52. The summed E-state index contributed by atoms with van der Waals surface area (Å²) in [6, 6.07) is 11.4. The molecule has 1 aliphatic heterocycles. The third-order valence-electron chi connectivity index (χ3n) is 4.49. The van der Waals surface area contributed by atoms with E-state index in [2.05, 4.69) is 10.3 Å². The third-order valence-corrected chi connectivity index (χ3v) is 4.49. The molecule has 1 atom stereocenters. The second-order valence-corrected chi connectivity index (χ2v) is 6.03. The van der Waals surface area contributed by atoms with Gasteiger partial charge in [0, 0.05) is 31.0 Å². The van der Waals surface area contributed by atoms with Crippen molar-refractivity contribution in [2.75, 3.05) is 19.8 Å². The maximum absolute atomic E-state index is 13.2. The fourth-order valence-corrected chi connectivity index (χ4v) is 3.21. The standard InChI is InChI=1S/C18H19N5O2/c1-21-8-3-6-16(21)17-13-25-11-10-22(17)18(24)14-4-2-5-15(12-14)23-9-7-19-20-23/h2-9,12,17H,10-11,13H2,1H3/t17-/m1/s1. The van der Waals surface area contributed by atoms with E-state index in [4.69, 9.17) is 4.74 Å². The molecule has 25 heavy (non-hydrogen) atoms. The Hall–Kier alpha value is -2.93. The van der Waals surface area contributed by atoms with Crippen LogP contribution in [0.4, 0.5) is 0 Å². The van der Waals surface area contributed by atoms with Crippen LogP contribution in [0.1, 0.15) is 22.1 Å². The quantitative estimate of drug-likeness (QED) is 0.731. The first-order valence-corrected chi connectivity index (χ1v) is 8.21. The second kappa shape index (κ2) is 6.52. The van der Waals surface area contributed by atoms with Gasteiger partial charge in [-0.3, -0.25) is 4.79 Å². The number of aromatic nitrogens is 4. The van der Waals surface area contributed by atoms with Crippen LogP contribution in [0.5, 0.6) is 0 Å². The Morgan fingerprint density at radius 1 is 1.24 bits per heavy atom. The van der Waals surface area contributed by atoms with E-state index in [1.54, 1.807) is 17.1 Å². The van der Waals surface area contributed by atoms with Crippen molar-refractivity contribution in [1.29, 1.82) is 0 Å². The average Bonchev–Trinajstić information content (AvgIpc) is 3.33. The molecule has 1 fully saturated rings. The minimum Gasteiger partial charge on any atom is -0.377 e. The predicted octanol–water partition coefficient (Wildman–Crippen LogP) is 1.82. The first-order valence-electron chi connectivity index (χ1n) is 8.21. The first kappa shape index (κ1) is 15.6. The van der Waals surface area contributed by atoms with Gasteiger partial charge in [0.2, 0.25) is 0 Å². The minimum absolute atomic E-state index is 0.00327. The Bertz CT molecular complexity index is 871. The maximum Gasteiger partial charge on any atom is 0.254 e. The van der Waals surface area contributed by atoms with Gasteiger partial charge < -0.3 is 14.2 Å². The number of amides is 1. The Kier molecular flexibility index (Phi) is 4.07. The van der Waals surface area contributed by atoms with E-state index in [-0.39, 0.29) is 11.9 Å². The molecule has 3 heterocycles. The predicted molar refractivity (Wildman–Crippen MR) is 91.4 cm³/mol. The molecule has 0 spiro atoms. The topological polar surface area (TPSA) is 65.2 Å². The van der Waals surface area contributed by atoms with Gasteiger partial charge in [0.15, 0.2) is 0 Å². The maximum atomic E-state index is 13.2. The lowest BCUT2D eigenvalue weighted by molar-refractivity contribution is -0.00463. The molecule has 1 aromatic carbocycles. The molecule has 0 bridgehead atoms. The number of benzene rings is 1. The summed E-state index contributed by atoms with van der Waals surface area (Å²) in [7, 11) is 1.98. The van der Waals surface area contributed by atoms with Gasteiger partial charge in [-0.2, -0.15) is 0 Å². The SMILES string of the molecule is Cn1cccc1[C@H]1COCCN1C(=O)c1cccc(-n2ccnn2)c1. The highest BCUT2D eigenvalue weighted by atomic mass is 16.5. The summed E-state index contributed by atoms with van der Waals surface area (Å²) in [6.45, 7) is 1.63. The van der Waals surface area contributed by atoms with Crippen LogP contribution >= 0.6 is 0 Å². The number of carbonyl (C=O) groups excluding carboxylic acids is 1. The smallest absolute Gasteiger partial charge is 0.254 e. The van der Waals surface area contributed by atoms with Crippen molar-refractivity contribution in [3.63, 3.8) is 0 Å². The van der Waals surface area contributed by atoms with Gasteiger partial charge in [-0.25, -0.2) is 4.68 Å². The van der Waals surface area contributed by atoms with E-state index in [0.29, 0.717) is 25.3 Å². The second-order valence-electron chi connectivity index (χ2n) is 6.03. The van der Waals surface area contributed by atoms with Crippen molar-refractivity contribution >= 4 is 5.91 Å². The average molecular weight is 337 g/mol. The van der Waals surface area contributed by atoms with Crippen molar-refractivity contribution in [1.82, 2.24) is 24.5 Å². The van der Waals surface area contributed by atoms with Crippen molar-refractivity contribution in [3.05, 3.63) is 66.2 Å². The van der Waals surface area contributed by atoms with Crippen molar-refractivity contribution in [2.24, 2.45) is 7.05 Å². The minimum atomic E-state index is -0.0868. The van der Waals surface area contributed by atoms with Gasteiger partial charge >= 0.3 is 0 Å². The summed E-state index contributed by atoms with van der Waals surface area (Å²) in [6.07, 6.45) is 5.35. The van der Waals surface area contributed by atoms with Crippen LogP contribution in [0, 0.1) is 0 Å². The lowest BCUT2D eigenvalue weighted by Crippen LogP contribution is -2.44. The van der Waals surface area contributed by atoms with Crippen molar-refractivity contribution in [2.45, 2.75) is 6.04 Å². The Morgan fingerprint density at radius 3 is 2.92 bits per heavy atom. The number of carbonyl (C=O) groups is 1. The molecule has 7 nitrogen and oxygen atoms in total. The van der Waals surface area contributed by atoms with Gasteiger partial charge in [-0.05, 0) is 30.3 Å². The van der Waals surface area contributed by atoms with Crippen molar-refractivity contribution in [3.8, 4) is 5.69 Å². The monoisotopic (exact) mass is 337 g/mol. The van der Waals surface area contributed by atoms with E-state index in [1.165, 1.54) is 0 Å². The number of hydrogen-bond acceptors (Lipinski definition) is 4. The van der Waals surface area contributed by atoms with E-state index >= 15 is 0 Å². The number of aryl methyl sites for hydroxylation is 1. The van der Waals surface area contributed by atoms with E-state index in [9.17, 15) is 4.79 Å². The van der Waals surface area contributed by atoms with Gasteiger partial charge in [-0.1, -0.05) is 11.3 Å². The molecule has 0 saturated carbocycles. The first-order chi connectivity index (χ1) is 12.2.